The zero-order valence-electron chi connectivity index (χ0n) is 43.6. The van der Waals surface area contributed by atoms with Crippen LogP contribution in [0.2, 0.25) is 0 Å². The molecule has 0 saturated carbocycles. The largest absolute Gasteiger partial charge is 0.462 e. The molecule has 0 aromatic carbocycles. The molecule has 0 aliphatic carbocycles. The van der Waals surface area contributed by atoms with Crippen LogP contribution in [0.25, 0.3) is 0 Å². The standard InChI is InChI=1S/C61H102O6/c1-4-7-10-13-15-17-19-21-23-25-27-28-29-30-31-32-34-35-37-39-41-43-45-48-51-54-60(63)66-57-58(56-65-59(62)53-50-47-12-9-6-3)67-61(64)55-52-49-46-44-42-40-38-36-33-26-24-22-20-18-16-14-11-8-5-2/h8,11,16,18-19,21-22,24-25,27,33,36,40,42,46,49,58H,4-7,9-10,12-15,17,20,23,26,28-32,34-35,37-39,41,43-45,47-48,50-57H2,1-3H3/b11-8-,18-16-,21-19-,24-22-,27-25-,36-33-,42-40-,49-46-. The van der Waals surface area contributed by atoms with Gasteiger partial charge in [-0.1, -0.05) is 240 Å². The minimum absolute atomic E-state index is 0.108. The normalized spacial score (nSPS) is 12.8. The van der Waals surface area contributed by atoms with Gasteiger partial charge in [-0.2, -0.15) is 0 Å². The maximum Gasteiger partial charge on any atom is 0.306 e. The molecule has 0 spiro atoms. The Balaban J connectivity index is 4.19. The van der Waals surface area contributed by atoms with E-state index in [0.717, 1.165) is 96.3 Å². The van der Waals surface area contributed by atoms with Crippen molar-refractivity contribution in [3.63, 3.8) is 0 Å². The summed E-state index contributed by atoms with van der Waals surface area (Å²) < 4.78 is 16.6. The van der Waals surface area contributed by atoms with Crippen molar-refractivity contribution in [3.05, 3.63) is 97.2 Å². The third-order valence-corrected chi connectivity index (χ3v) is 11.6. The zero-order chi connectivity index (χ0) is 48.6. The second-order valence-corrected chi connectivity index (χ2v) is 18.1. The maximum absolute atomic E-state index is 12.7. The van der Waals surface area contributed by atoms with Gasteiger partial charge in [0, 0.05) is 19.3 Å². The van der Waals surface area contributed by atoms with Crippen LogP contribution in [0.4, 0.5) is 0 Å². The second kappa shape index (κ2) is 54.9. The number of esters is 3. The van der Waals surface area contributed by atoms with Crippen molar-refractivity contribution in [2.24, 2.45) is 0 Å². The van der Waals surface area contributed by atoms with E-state index >= 15 is 0 Å². The molecule has 0 aliphatic rings. The van der Waals surface area contributed by atoms with Gasteiger partial charge in [0.25, 0.3) is 0 Å². The van der Waals surface area contributed by atoms with E-state index in [0.29, 0.717) is 19.3 Å². The van der Waals surface area contributed by atoms with Gasteiger partial charge < -0.3 is 14.2 Å². The summed E-state index contributed by atoms with van der Waals surface area (Å²) >= 11 is 0. The molecule has 0 amide bonds. The molecule has 0 rings (SSSR count). The van der Waals surface area contributed by atoms with Gasteiger partial charge in [0.2, 0.25) is 0 Å². The molecule has 0 fully saturated rings. The van der Waals surface area contributed by atoms with Crippen LogP contribution in [0, 0.1) is 0 Å². The van der Waals surface area contributed by atoms with Crippen molar-refractivity contribution >= 4 is 17.9 Å². The second-order valence-electron chi connectivity index (χ2n) is 18.1. The predicted octanol–water partition coefficient (Wildman–Crippen LogP) is 18.5. The van der Waals surface area contributed by atoms with E-state index in [1.807, 2.05) is 12.2 Å². The zero-order valence-corrected chi connectivity index (χ0v) is 43.6. The highest BCUT2D eigenvalue weighted by molar-refractivity contribution is 5.71. The van der Waals surface area contributed by atoms with E-state index in [1.54, 1.807) is 0 Å². The molecule has 1 atom stereocenters. The maximum atomic E-state index is 12.7. The lowest BCUT2D eigenvalue weighted by Gasteiger charge is -2.18. The summed E-state index contributed by atoms with van der Waals surface area (Å²) in [6.45, 7) is 6.37. The summed E-state index contributed by atoms with van der Waals surface area (Å²) in [6.07, 6.45) is 73.2. The quantitative estimate of drug-likeness (QED) is 0.0262. The molecule has 0 saturated heterocycles. The van der Waals surface area contributed by atoms with E-state index in [4.69, 9.17) is 14.2 Å². The highest BCUT2D eigenvalue weighted by Gasteiger charge is 2.19. The molecule has 6 heteroatoms. The summed E-state index contributed by atoms with van der Waals surface area (Å²) in [6, 6.07) is 0. The molecular formula is C61H102O6. The van der Waals surface area contributed by atoms with Crippen LogP contribution in [-0.2, 0) is 28.6 Å². The fraction of sp³-hybridized carbons (Fsp3) is 0.689. The first kappa shape index (κ1) is 63.3. The van der Waals surface area contributed by atoms with Crippen LogP contribution in [-0.4, -0.2) is 37.2 Å². The summed E-state index contributed by atoms with van der Waals surface area (Å²) in [5.74, 6) is -1.01. The van der Waals surface area contributed by atoms with E-state index in [2.05, 4.69) is 106 Å². The van der Waals surface area contributed by atoms with Crippen LogP contribution >= 0.6 is 0 Å². The van der Waals surface area contributed by atoms with Gasteiger partial charge in [-0.3, -0.25) is 14.4 Å². The van der Waals surface area contributed by atoms with E-state index in [1.165, 1.54) is 109 Å². The Hall–Kier alpha value is -3.67. The van der Waals surface area contributed by atoms with Gasteiger partial charge >= 0.3 is 17.9 Å². The predicted molar refractivity (Wildman–Crippen MR) is 288 cm³/mol. The van der Waals surface area contributed by atoms with E-state index in [-0.39, 0.29) is 31.6 Å². The number of hydrogen-bond donors (Lipinski definition) is 0. The molecule has 0 bridgehead atoms. The fourth-order valence-electron chi connectivity index (χ4n) is 7.44. The molecule has 0 N–H and O–H groups in total. The summed E-state index contributed by atoms with van der Waals surface area (Å²) in [5.41, 5.74) is 0. The van der Waals surface area contributed by atoms with Gasteiger partial charge in [0.05, 0.1) is 0 Å². The average molecular weight is 931 g/mol. The Labute approximate surface area is 413 Å². The van der Waals surface area contributed by atoms with Crippen LogP contribution in [0.1, 0.15) is 252 Å². The molecule has 0 aliphatic heterocycles. The molecule has 0 radical (unpaired) electrons. The SMILES string of the molecule is CC/C=C\C/C=C\C/C=C\C/C=C\C/C=C\C/C=C\CCC(=O)OC(COC(=O)CCCCCCC)COC(=O)CCCCCCCCCCCCCCC/C=C\C/C=C\CCCCCCC. The summed E-state index contributed by atoms with van der Waals surface area (Å²) in [4.78, 5) is 37.7. The first-order valence-electron chi connectivity index (χ1n) is 27.7. The molecular weight excluding hydrogens is 829 g/mol. The van der Waals surface area contributed by atoms with Crippen LogP contribution < -0.4 is 0 Å². The topological polar surface area (TPSA) is 78.9 Å². The Bertz CT molecular complexity index is 1350. The smallest absolute Gasteiger partial charge is 0.306 e. The number of rotatable bonds is 49. The van der Waals surface area contributed by atoms with Crippen LogP contribution in [0.3, 0.4) is 0 Å². The number of carbonyl (C=O) groups is 3. The number of ether oxygens (including phenoxy) is 3. The Kier molecular flexibility index (Phi) is 51.9. The molecule has 1 unspecified atom stereocenters. The number of allylic oxidation sites excluding steroid dienone is 16. The molecule has 0 heterocycles. The monoisotopic (exact) mass is 931 g/mol. The van der Waals surface area contributed by atoms with Crippen molar-refractivity contribution in [2.75, 3.05) is 13.2 Å². The van der Waals surface area contributed by atoms with Gasteiger partial charge in [-0.25, -0.2) is 0 Å². The van der Waals surface area contributed by atoms with Crippen molar-refractivity contribution in [1.29, 1.82) is 0 Å². The molecule has 382 valence electrons. The minimum atomic E-state index is -0.815. The van der Waals surface area contributed by atoms with Gasteiger partial charge in [0.1, 0.15) is 13.2 Å². The number of carbonyl (C=O) groups excluding carboxylic acids is 3. The number of hydrogen-bond acceptors (Lipinski definition) is 6. The number of unbranched alkanes of at least 4 members (excludes halogenated alkanes) is 22. The molecule has 0 aromatic rings. The van der Waals surface area contributed by atoms with Crippen molar-refractivity contribution in [1.82, 2.24) is 0 Å². The highest BCUT2D eigenvalue weighted by atomic mass is 16.6. The average Bonchev–Trinajstić information content (AvgIpc) is 3.33. The van der Waals surface area contributed by atoms with E-state index in [9.17, 15) is 14.4 Å². The van der Waals surface area contributed by atoms with Crippen molar-refractivity contribution in [3.8, 4) is 0 Å². The van der Waals surface area contributed by atoms with Crippen molar-refractivity contribution < 1.29 is 28.6 Å². The van der Waals surface area contributed by atoms with E-state index < -0.39 is 12.1 Å². The van der Waals surface area contributed by atoms with Crippen LogP contribution in [0.15, 0.2) is 97.2 Å². The van der Waals surface area contributed by atoms with Gasteiger partial charge in [-0.05, 0) is 89.9 Å². The summed E-state index contributed by atoms with van der Waals surface area (Å²) in [7, 11) is 0. The molecule has 0 aromatic heterocycles. The fourth-order valence-corrected chi connectivity index (χ4v) is 7.44. The molecule has 67 heavy (non-hydrogen) atoms. The molecule has 6 nitrogen and oxygen atoms in total. The third-order valence-electron chi connectivity index (χ3n) is 11.6. The Morgan fingerprint density at radius 1 is 0.313 bits per heavy atom. The van der Waals surface area contributed by atoms with Gasteiger partial charge in [-0.15, -0.1) is 0 Å². The lowest BCUT2D eigenvalue weighted by Crippen LogP contribution is -2.30. The summed E-state index contributed by atoms with van der Waals surface area (Å²) in [5, 5.41) is 0. The lowest BCUT2D eigenvalue weighted by atomic mass is 10.0. The highest BCUT2D eigenvalue weighted by Crippen LogP contribution is 2.15. The lowest BCUT2D eigenvalue weighted by molar-refractivity contribution is -0.166. The Morgan fingerprint density at radius 2 is 0.612 bits per heavy atom. The third kappa shape index (κ3) is 53.2. The van der Waals surface area contributed by atoms with Gasteiger partial charge in [0.15, 0.2) is 6.10 Å². The first-order chi connectivity index (χ1) is 33.0. The Morgan fingerprint density at radius 3 is 0.970 bits per heavy atom. The minimum Gasteiger partial charge on any atom is -0.462 e. The van der Waals surface area contributed by atoms with Crippen LogP contribution in [0.5, 0.6) is 0 Å². The first-order valence-corrected chi connectivity index (χ1v) is 27.7. The van der Waals surface area contributed by atoms with Crippen molar-refractivity contribution in [2.45, 2.75) is 258 Å².